The molecule has 0 unspecified atom stereocenters. The summed E-state index contributed by atoms with van der Waals surface area (Å²) in [5, 5.41) is 4.84. The van der Waals surface area contributed by atoms with Crippen LogP contribution in [-0.2, 0) is 11.2 Å². The zero-order chi connectivity index (χ0) is 21.1. The molecule has 4 aromatic rings. The van der Waals surface area contributed by atoms with Crippen LogP contribution in [0.4, 0.5) is 5.69 Å². The van der Waals surface area contributed by atoms with E-state index < -0.39 is 0 Å². The third-order valence-corrected chi connectivity index (χ3v) is 5.62. The summed E-state index contributed by atoms with van der Waals surface area (Å²) in [6, 6.07) is 13.2. The summed E-state index contributed by atoms with van der Waals surface area (Å²) >= 11 is 1.54. The molecule has 0 aliphatic rings. The summed E-state index contributed by atoms with van der Waals surface area (Å²) in [6.45, 7) is 5.82. The number of aryl methyl sites for hydroxylation is 2. The van der Waals surface area contributed by atoms with Gasteiger partial charge in [0.05, 0.1) is 17.0 Å². The van der Waals surface area contributed by atoms with Gasteiger partial charge >= 0.3 is 0 Å². The summed E-state index contributed by atoms with van der Waals surface area (Å²) in [5.74, 6) is 1.99. The SMILES string of the molecule is Cc1cccc(Oc2ncccc2NC(=O)Cc2nc(-c3cccs3)oc2C)c1C. The zero-order valence-corrected chi connectivity index (χ0v) is 17.7. The standard InChI is InChI=1S/C23H21N3O3S/c1-14-7-4-9-19(15(14)2)29-22-17(8-5-11-24-22)25-21(27)13-18-16(3)28-23(26-18)20-10-6-12-30-20/h4-12H,13H2,1-3H3,(H,25,27). The predicted molar refractivity (Wildman–Crippen MR) is 117 cm³/mol. The molecule has 1 N–H and O–H groups in total. The Kier molecular flexibility index (Phi) is 5.63. The van der Waals surface area contributed by atoms with Gasteiger partial charge < -0.3 is 14.5 Å². The number of aromatic nitrogens is 2. The maximum atomic E-state index is 12.7. The largest absolute Gasteiger partial charge is 0.440 e. The molecule has 0 aliphatic heterocycles. The van der Waals surface area contributed by atoms with E-state index in [1.807, 2.05) is 56.5 Å². The highest BCUT2D eigenvalue weighted by molar-refractivity contribution is 7.13. The molecule has 3 heterocycles. The van der Waals surface area contributed by atoms with Crippen LogP contribution in [0.15, 0.2) is 58.5 Å². The molecule has 0 bridgehead atoms. The molecule has 0 aliphatic carbocycles. The highest BCUT2D eigenvalue weighted by Gasteiger charge is 2.17. The van der Waals surface area contributed by atoms with Gasteiger partial charge in [-0.15, -0.1) is 11.3 Å². The Balaban J connectivity index is 1.50. The number of oxazole rings is 1. The molecular formula is C23H21N3O3S. The van der Waals surface area contributed by atoms with Gasteiger partial charge in [-0.25, -0.2) is 9.97 Å². The monoisotopic (exact) mass is 419 g/mol. The summed E-state index contributed by atoms with van der Waals surface area (Å²) in [4.78, 5) is 22.4. The molecule has 0 atom stereocenters. The molecule has 1 amide bonds. The summed E-state index contributed by atoms with van der Waals surface area (Å²) in [5.41, 5.74) is 3.26. The first kappa shape index (κ1) is 19.8. The average molecular weight is 420 g/mol. The van der Waals surface area contributed by atoms with Crippen molar-refractivity contribution in [2.75, 3.05) is 5.32 Å². The van der Waals surface area contributed by atoms with E-state index in [2.05, 4.69) is 15.3 Å². The van der Waals surface area contributed by atoms with E-state index in [0.29, 0.717) is 34.7 Å². The Hall–Kier alpha value is -3.45. The van der Waals surface area contributed by atoms with E-state index in [1.54, 1.807) is 29.7 Å². The van der Waals surface area contributed by atoms with Crippen molar-refractivity contribution in [3.63, 3.8) is 0 Å². The molecule has 7 heteroatoms. The first-order chi connectivity index (χ1) is 14.5. The topological polar surface area (TPSA) is 77.2 Å². The minimum atomic E-state index is -0.219. The van der Waals surface area contributed by atoms with Gasteiger partial charge in [0.15, 0.2) is 0 Å². The highest BCUT2D eigenvalue weighted by Crippen LogP contribution is 2.31. The number of rotatable bonds is 6. The van der Waals surface area contributed by atoms with Crippen molar-refractivity contribution in [3.05, 3.63) is 76.6 Å². The second-order valence-electron chi connectivity index (χ2n) is 6.88. The van der Waals surface area contributed by atoms with E-state index in [4.69, 9.17) is 9.15 Å². The maximum Gasteiger partial charge on any atom is 0.243 e. The lowest BCUT2D eigenvalue weighted by atomic mass is 10.1. The quantitative estimate of drug-likeness (QED) is 0.434. The van der Waals surface area contributed by atoms with Crippen LogP contribution in [0.25, 0.3) is 10.8 Å². The Labute approximate surface area is 178 Å². The number of hydrogen-bond donors (Lipinski definition) is 1. The van der Waals surface area contributed by atoms with Crippen molar-refractivity contribution in [3.8, 4) is 22.4 Å². The van der Waals surface area contributed by atoms with E-state index in [0.717, 1.165) is 16.0 Å². The third-order valence-electron chi connectivity index (χ3n) is 4.76. The number of nitrogens with one attached hydrogen (secondary N) is 1. The molecule has 30 heavy (non-hydrogen) atoms. The second-order valence-corrected chi connectivity index (χ2v) is 7.83. The molecule has 0 saturated carbocycles. The number of thiophene rings is 1. The normalized spacial score (nSPS) is 10.8. The van der Waals surface area contributed by atoms with Crippen LogP contribution in [0.1, 0.15) is 22.6 Å². The van der Waals surface area contributed by atoms with Crippen LogP contribution in [-0.4, -0.2) is 15.9 Å². The fourth-order valence-corrected chi connectivity index (χ4v) is 3.60. The Bertz CT molecular complexity index is 1180. The lowest BCUT2D eigenvalue weighted by Crippen LogP contribution is -2.16. The summed E-state index contributed by atoms with van der Waals surface area (Å²) < 4.78 is 11.7. The number of pyridine rings is 1. The molecule has 1 aromatic carbocycles. The highest BCUT2D eigenvalue weighted by atomic mass is 32.1. The van der Waals surface area contributed by atoms with Gasteiger partial charge in [0.2, 0.25) is 17.7 Å². The third kappa shape index (κ3) is 4.26. The maximum absolute atomic E-state index is 12.7. The van der Waals surface area contributed by atoms with Crippen LogP contribution in [0.5, 0.6) is 11.6 Å². The van der Waals surface area contributed by atoms with Gasteiger partial charge in [0.1, 0.15) is 17.2 Å². The van der Waals surface area contributed by atoms with Crippen LogP contribution in [0.2, 0.25) is 0 Å². The fraction of sp³-hybridized carbons (Fsp3) is 0.174. The molecule has 0 fully saturated rings. The minimum Gasteiger partial charge on any atom is -0.440 e. The van der Waals surface area contributed by atoms with Gasteiger partial charge in [0.25, 0.3) is 0 Å². The van der Waals surface area contributed by atoms with Crippen LogP contribution < -0.4 is 10.1 Å². The molecule has 0 spiro atoms. The van der Waals surface area contributed by atoms with E-state index in [9.17, 15) is 4.79 Å². The van der Waals surface area contributed by atoms with Gasteiger partial charge in [-0.1, -0.05) is 18.2 Å². The van der Waals surface area contributed by atoms with Gasteiger partial charge in [-0.2, -0.15) is 0 Å². The predicted octanol–water partition coefficient (Wildman–Crippen LogP) is 5.70. The van der Waals surface area contributed by atoms with E-state index in [1.165, 1.54) is 0 Å². The van der Waals surface area contributed by atoms with Crippen LogP contribution in [0.3, 0.4) is 0 Å². The van der Waals surface area contributed by atoms with Gasteiger partial charge in [-0.3, -0.25) is 4.79 Å². The van der Waals surface area contributed by atoms with Crippen molar-refractivity contribution >= 4 is 22.9 Å². The van der Waals surface area contributed by atoms with Crippen LogP contribution in [0, 0.1) is 20.8 Å². The van der Waals surface area contributed by atoms with Crippen molar-refractivity contribution in [2.24, 2.45) is 0 Å². The number of nitrogens with zero attached hydrogens (tertiary/aromatic N) is 2. The van der Waals surface area contributed by atoms with Crippen LogP contribution >= 0.6 is 11.3 Å². The second kappa shape index (κ2) is 8.51. The number of benzene rings is 1. The zero-order valence-electron chi connectivity index (χ0n) is 16.9. The molecule has 4 rings (SSSR count). The average Bonchev–Trinajstić information content (AvgIpc) is 3.37. The lowest BCUT2D eigenvalue weighted by molar-refractivity contribution is -0.115. The molecule has 0 radical (unpaired) electrons. The number of carbonyl (C=O) groups excluding carboxylic acids is 1. The fourth-order valence-electron chi connectivity index (χ4n) is 2.95. The lowest BCUT2D eigenvalue weighted by Gasteiger charge is -2.13. The molecular weight excluding hydrogens is 398 g/mol. The summed E-state index contributed by atoms with van der Waals surface area (Å²) in [6.07, 6.45) is 1.73. The minimum absolute atomic E-state index is 0.0957. The number of anilines is 1. The Morgan fingerprint density at radius 1 is 1.13 bits per heavy atom. The van der Waals surface area contributed by atoms with Gasteiger partial charge in [-0.05, 0) is 61.5 Å². The molecule has 6 nitrogen and oxygen atoms in total. The number of carbonyl (C=O) groups is 1. The van der Waals surface area contributed by atoms with Crippen molar-refractivity contribution in [1.29, 1.82) is 0 Å². The van der Waals surface area contributed by atoms with Crippen molar-refractivity contribution in [2.45, 2.75) is 27.2 Å². The molecule has 3 aromatic heterocycles. The smallest absolute Gasteiger partial charge is 0.243 e. The number of hydrogen-bond acceptors (Lipinski definition) is 6. The Morgan fingerprint density at radius 3 is 2.80 bits per heavy atom. The van der Waals surface area contributed by atoms with Crippen molar-refractivity contribution < 1.29 is 13.9 Å². The first-order valence-corrected chi connectivity index (χ1v) is 10.4. The Morgan fingerprint density at radius 2 is 2.00 bits per heavy atom. The van der Waals surface area contributed by atoms with Gasteiger partial charge in [0, 0.05) is 6.20 Å². The first-order valence-electron chi connectivity index (χ1n) is 9.50. The molecule has 152 valence electrons. The van der Waals surface area contributed by atoms with Crippen molar-refractivity contribution in [1.82, 2.24) is 9.97 Å². The molecule has 0 saturated heterocycles. The number of amides is 1. The van der Waals surface area contributed by atoms with E-state index in [-0.39, 0.29) is 12.3 Å². The summed E-state index contributed by atoms with van der Waals surface area (Å²) in [7, 11) is 0. The van der Waals surface area contributed by atoms with E-state index >= 15 is 0 Å². The number of ether oxygens (including phenoxy) is 1.